The smallest absolute Gasteiger partial charge is 0.160 e. The maximum Gasteiger partial charge on any atom is 0.446 e. The molecule has 0 bridgehead atoms. The molecular formula is C8H6F3N3S. The maximum absolute atomic E-state index is 12.0. The third-order valence-electron chi connectivity index (χ3n) is 1.57. The van der Waals surface area contributed by atoms with E-state index in [0.29, 0.717) is 5.56 Å². The number of hydrogen-bond donors (Lipinski definition) is 0. The second kappa shape index (κ2) is 4.46. The third-order valence-corrected chi connectivity index (χ3v) is 2.29. The van der Waals surface area contributed by atoms with Crippen LogP contribution in [0.25, 0.3) is 10.4 Å². The lowest BCUT2D eigenvalue weighted by Gasteiger charge is -2.06. The van der Waals surface area contributed by atoms with Crippen LogP contribution in [0, 0.1) is 6.92 Å². The molecule has 0 fully saturated rings. The first kappa shape index (κ1) is 11.7. The summed E-state index contributed by atoms with van der Waals surface area (Å²) in [6.45, 7) is 1.66. The van der Waals surface area contributed by atoms with Crippen LogP contribution in [0.3, 0.4) is 0 Å². The summed E-state index contributed by atoms with van der Waals surface area (Å²) in [6, 6.07) is 4.04. The van der Waals surface area contributed by atoms with Gasteiger partial charge in [-0.2, -0.15) is 13.2 Å². The molecule has 0 atom stereocenters. The number of halogens is 3. The van der Waals surface area contributed by atoms with Gasteiger partial charge in [-0.05, 0) is 41.9 Å². The fourth-order valence-electron chi connectivity index (χ4n) is 0.942. The SMILES string of the molecule is Cc1ccc(SC(F)(F)F)cc1N=[N+]=[N-]. The Morgan fingerprint density at radius 1 is 1.40 bits per heavy atom. The Bertz CT molecular complexity index is 410. The van der Waals surface area contributed by atoms with Gasteiger partial charge in [-0.15, -0.1) is 0 Å². The molecule has 0 heterocycles. The van der Waals surface area contributed by atoms with E-state index in [0.717, 1.165) is 0 Å². The summed E-state index contributed by atoms with van der Waals surface area (Å²) >= 11 is -0.234. The van der Waals surface area contributed by atoms with Crippen LogP contribution < -0.4 is 0 Å². The van der Waals surface area contributed by atoms with Crippen molar-refractivity contribution in [1.29, 1.82) is 0 Å². The third kappa shape index (κ3) is 3.73. The highest BCUT2D eigenvalue weighted by Gasteiger charge is 2.29. The van der Waals surface area contributed by atoms with Crippen LogP contribution in [0.15, 0.2) is 28.2 Å². The monoisotopic (exact) mass is 233 g/mol. The van der Waals surface area contributed by atoms with E-state index >= 15 is 0 Å². The molecule has 0 N–H and O–H groups in total. The molecule has 3 nitrogen and oxygen atoms in total. The fraction of sp³-hybridized carbons (Fsp3) is 0.250. The molecule has 0 aliphatic carbocycles. The molecule has 0 radical (unpaired) electrons. The number of azide groups is 1. The minimum Gasteiger partial charge on any atom is -0.160 e. The molecule has 1 rings (SSSR count). The predicted molar refractivity (Wildman–Crippen MR) is 51.9 cm³/mol. The van der Waals surface area contributed by atoms with Crippen LogP contribution in [0.4, 0.5) is 18.9 Å². The minimum atomic E-state index is -4.33. The molecule has 0 spiro atoms. The first-order chi connectivity index (χ1) is 6.92. The number of benzene rings is 1. The van der Waals surface area contributed by atoms with Crippen molar-refractivity contribution in [3.63, 3.8) is 0 Å². The number of thioether (sulfide) groups is 1. The summed E-state index contributed by atoms with van der Waals surface area (Å²) < 4.78 is 36.1. The average Bonchev–Trinajstić information content (AvgIpc) is 2.09. The summed E-state index contributed by atoms with van der Waals surface area (Å²) in [5.74, 6) is 0. The van der Waals surface area contributed by atoms with Crippen LogP contribution in [-0.2, 0) is 0 Å². The molecule has 0 aromatic heterocycles. The predicted octanol–water partition coefficient (Wildman–Crippen LogP) is 4.55. The van der Waals surface area contributed by atoms with E-state index in [4.69, 9.17) is 5.53 Å². The second-order valence-electron chi connectivity index (χ2n) is 2.69. The zero-order chi connectivity index (χ0) is 11.5. The van der Waals surface area contributed by atoms with Crippen molar-refractivity contribution in [2.24, 2.45) is 5.11 Å². The number of aryl methyl sites for hydroxylation is 1. The zero-order valence-electron chi connectivity index (χ0n) is 7.62. The van der Waals surface area contributed by atoms with Gasteiger partial charge in [0.2, 0.25) is 0 Å². The maximum atomic E-state index is 12.0. The summed E-state index contributed by atoms with van der Waals surface area (Å²) in [4.78, 5) is 2.55. The number of alkyl halides is 3. The van der Waals surface area contributed by atoms with Gasteiger partial charge < -0.3 is 0 Å². The molecule has 0 aliphatic heterocycles. The molecule has 0 saturated carbocycles. The molecule has 0 saturated heterocycles. The van der Waals surface area contributed by atoms with Gasteiger partial charge in [-0.25, -0.2) is 0 Å². The van der Waals surface area contributed by atoms with Gasteiger partial charge in [0.1, 0.15) is 0 Å². The summed E-state index contributed by atoms with van der Waals surface area (Å²) in [5.41, 5.74) is 4.72. The van der Waals surface area contributed by atoms with Crippen molar-refractivity contribution in [3.05, 3.63) is 34.2 Å². The lowest BCUT2D eigenvalue weighted by Crippen LogP contribution is -1.98. The Labute approximate surface area is 87.9 Å². The van der Waals surface area contributed by atoms with Gasteiger partial charge in [0.15, 0.2) is 0 Å². The Morgan fingerprint density at radius 3 is 2.60 bits per heavy atom. The lowest BCUT2D eigenvalue weighted by atomic mass is 10.2. The summed E-state index contributed by atoms with van der Waals surface area (Å²) in [5, 5.41) is 3.30. The van der Waals surface area contributed by atoms with Gasteiger partial charge in [0.05, 0.1) is 0 Å². The van der Waals surface area contributed by atoms with E-state index in [-0.39, 0.29) is 22.3 Å². The normalized spacial score (nSPS) is 10.9. The van der Waals surface area contributed by atoms with Crippen molar-refractivity contribution < 1.29 is 13.2 Å². The minimum absolute atomic E-state index is 0.00972. The fourth-order valence-corrected chi connectivity index (χ4v) is 1.52. The quantitative estimate of drug-likeness (QED) is 0.320. The Hall–Kier alpha value is -1.33. The first-order valence-electron chi connectivity index (χ1n) is 3.84. The van der Waals surface area contributed by atoms with Gasteiger partial charge in [-0.1, -0.05) is 11.2 Å². The van der Waals surface area contributed by atoms with Crippen molar-refractivity contribution in [2.75, 3.05) is 0 Å². The number of rotatable bonds is 2. The second-order valence-corrected chi connectivity index (χ2v) is 3.82. The topological polar surface area (TPSA) is 48.8 Å². The largest absolute Gasteiger partial charge is 0.446 e. The van der Waals surface area contributed by atoms with Crippen LogP contribution >= 0.6 is 11.8 Å². The van der Waals surface area contributed by atoms with Crippen molar-refractivity contribution in [2.45, 2.75) is 17.3 Å². The molecule has 1 aromatic rings. The van der Waals surface area contributed by atoms with Gasteiger partial charge >= 0.3 is 5.51 Å². The van der Waals surface area contributed by atoms with Gasteiger partial charge in [-0.3, -0.25) is 0 Å². The highest BCUT2D eigenvalue weighted by Crippen LogP contribution is 2.38. The van der Waals surface area contributed by atoms with E-state index in [1.807, 2.05) is 0 Å². The first-order valence-corrected chi connectivity index (χ1v) is 4.65. The van der Waals surface area contributed by atoms with E-state index in [2.05, 4.69) is 10.0 Å². The van der Waals surface area contributed by atoms with E-state index in [1.165, 1.54) is 18.2 Å². The van der Waals surface area contributed by atoms with Crippen LogP contribution in [0.5, 0.6) is 0 Å². The number of hydrogen-bond acceptors (Lipinski definition) is 2. The molecule has 80 valence electrons. The van der Waals surface area contributed by atoms with Crippen molar-refractivity contribution >= 4 is 17.4 Å². The molecular weight excluding hydrogens is 227 g/mol. The Balaban J connectivity index is 3.02. The highest BCUT2D eigenvalue weighted by molar-refractivity contribution is 8.00. The van der Waals surface area contributed by atoms with Crippen LogP contribution in [0.2, 0.25) is 0 Å². The van der Waals surface area contributed by atoms with E-state index in [9.17, 15) is 13.2 Å². The number of nitrogens with zero attached hydrogens (tertiary/aromatic N) is 3. The zero-order valence-corrected chi connectivity index (χ0v) is 8.43. The van der Waals surface area contributed by atoms with Gasteiger partial charge in [0, 0.05) is 15.5 Å². The van der Waals surface area contributed by atoms with E-state index in [1.54, 1.807) is 6.92 Å². The molecule has 0 aliphatic rings. The van der Waals surface area contributed by atoms with Crippen molar-refractivity contribution in [1.82, 2.24) is 0 Å². The van der Waals surface area contributed by atoms with Gasteiger partial charge in [0.25, 0.3) is 0 Å². The average molecular weight is 233 g/mol. The van der Waals surface area contributed by atoms with Crippen LogP contribution in [0.1, 0.15) is 5.56 Å². The molecule has 15 heavy (non-hydrogen) atoms. The molecule has 0 amide bonds. The highest BCUT2D eigenvalue weighted by atomic mass is 32.2. The summed E-state index contributed by atoms with van der Waals surface area (Å²) in [6.07, 6.45) is 0. The standard InChI is InChI=1S/C8H6F3N3S/c1-5-2-3-6(15-8(9,10)11)4-7(5)13-14-12/h2-4H,1H3. The Kier molecular flexibility index (Phi) is 3.49. The molecule has 7 heteroatoms. The van der Waals surface area contributed by atoms with Crippen LogP contribution in [-0.4, -0.2) is 5.51 Å². The van der Waals surface area contributed by atoms with E-state index < -0.39 is 5.51 Å². The lowest BCUT2D eigenvalue weighted by molar-refractivity contribution is -0.0328. The Morgan fingerprint density at radius 2 is 2.07 bits per heavy atom. The summed E-state index contributed by atoms with van der Waals surface area (Å²) in [7, 11) is 0. The molecule has 0 unspecified atom stereocenters. The van der Waals surface area contributed by atoms with Crippen molar-refractivity contribution in [3.8, 4) is 0 Å². The molecule has 1 aromatic carbocycles.